The van der Waals surface area contributed by atoms with Crippen molar-refractivity contribution in [2.75, 3.05) is 10.8 Å². The van der Waals surface area contributed by atoms with E-state index in [0.29, 0.717) is 15.9 Å². The third kappa shape index (κ3) is 8.80. The predicted octanol–water partition coefficient (Wildman–Crippen LogP) is 7.58. The third-order valence-electron chi connectivity index (χ3n) is 6.37. The highest BCUT2D eigenvalue weighted by molar-refractivity contribution is 7.92. The van der Waals surface area contributed by atoms with Crippen molar-refractivity contribution in [1.29, 1.82) is 0 Å². The molecule has 2 amide bonds. The van der Waals surface area contributed by atoms with Gasteiger partial charge in [-0.25, -0.2) is 8.42 Å². The normalized spacial score (nSPS) is 12.9. The highest BCUT2D eigenvalue weighted by atomic mass is 35.5. The number of benzene rings is 3. The van der Waals surface area contributed by atoms with E-state index in [1.165, 1.54) is 41.3 Å². The third-order valence-corrected chi connectivity index (χ3v) is 9.23. The summed E-state index contributed by atoms with van der Waals surface area (Å²) in [5.74, 6) is -1.35. The molecule has 1 unspecified atom stereocenters. The molecule has 3 rings (SSSR count). The van der Waals surface area contributed by atoms with E-state index in [1.807, 2.05) is 0 Å². The molecule has 0 spiro atoms. The van der Waals surface area contributed by atoms with Gasteiger partial charge in [-0.1, -0.05) is 66.0 Å². The maximum atomic E-state index is 14.1. The summed E-state index contributed by atoms with van der Waals surface area (Å²) in [7, 11) is -4.59. The first kappa shape index (κ1) is 35.5. The highest BCUT2D eigenvalue weighted by Gasteiger charge is 2.37. The first-order valence-corrected chi connectivity index (χ1v) is 15.9. The zero-order chi connectivity index (χ0) is 33.0. The van der Waals surface area contributed by atoms with Gasteiger partial charge >= 0.3 is 6.18 Å². The molecule has 0 saturated carbocycles. The molecule has 3 aromatic rings. The molecule has 238 valence electrons. The number of amides is 2. The summed E-state index contributed by atoms with van der Waals surface area (Å²) in [4.78, 5) is 28.4. The van der Waals surface area contributed by atoms with E-state index in [1.54, 1.807) is 39.8 Å². The lowest BCUT2D eigenvalue weighted by Crippen LogP contribution is -2.55. The van der Waals surface area contributed by atoms with Crippen LogP contribution in [0, 0.1) is 0 Å². The molecule has 0 heterocycles. The van der Waals surface area contributed by atoms with Gasteiger partial charge in [0.2, 0.25) is 11.8 Å². The Labute approximate surface area is 269 Å². The van der Waals surface area contributed by atoms with Crippen molar-refractivity contribution < 1.29 is 31.2 Å². The number of halogens is 6. The number of sulfonamides is 1. The van der Waals surface area contributed by atoms with E-state index in [2.05, 4.69) is 5.32 Å². The molecule has 0 aromatic heterocycles. The van der Waals surface area contributed by atoms with Gasteiger partial charge in [0.25, 0.3) is 10.0 Å². The number of nitrogens with one attached hydrogen (secondary N) is 1. The minimum absolute atomic E-state index is 0.138. The van der Waals surface area contributed by atoms with Crippen LogP contribution in [0.1, 0.15) is 45.2 Å². The van der Waals surface area contributed by atoms with Crippen LogP contribution in [0.5, 0.6) is 0 Å². The van der Waals surface area contributed by atoms with E-state index in [0.717, 1.165) is 12.1 Å². The SMILES string of the molecule is CCC(C(=O)NC(C)(C)C)N(Cc1ccc(Cl)c(Cl)c1)C(=O)CN(c1ccc(Cl)c(C(F)(F)F)c1)S(=O)(=O)c1ccccc1. The summed E-state index contributed by atoms with van der Waals surface area (Å²) in [5.41, 5.74) is -1.90. The summed E-state index contributed by atoms with van der Waals surface area (Å²) in [5, 5.41) is 2.64. The first-order chi connectivity index (χ1) is 20.3. The number of alkyl halides is 3. The van der Waals surface area contributed by atoms with E-state index in [4.69, 9.17) is 34.8 Å². The van der Waals surface area contributed by atoms with Crippen LogP contribution >= 0.6 is 34.8 Å². The Bertz CT molecular complexity index is 1620. The molecule has 0 saturated heterocycles. The van der Waals surface area contributed by atoms with Crippen molar-refractivity contribution in [3.8, 4) is 0 Å². The van der Waals surface area contributed by atoms with Gasteiger partial charge in [-0.05, 0) is 75.2 Å². The fourth-order valence-electron chi connectivity index (χ4n) is 4.34. The van der Waals surface area contributed by atoms with Crippen LogP contribution in [-0.2, 0) is 32.3 Å². The zero-order valence-electron chi connectivity index (χ0n) is 24.3. The van der Waals surface area contributed by atoms with Crippen molar-refractivity contribution in [1.82, 2.24) is 10.2 Å². The molecule has 0 aliphatic heterocycles. The Morgan fingerprint density at radius 3 is 2.05 bits per heavy atom. The second-order valence-corrected chi connectivity index (χ2v) is 14.0. The van der Waals surface area contributed by atoms with Crippen LogP contribution in [0.2, 0.25) is 15.1 Å². The van der Waals surface area contributed by atoms with Crippen molar-refractivity contribution in [3.63, 3.8) is 0 Å². The van der Waals surface area contributed by atoms with E-state index in [9.17, 15) is 31.2 Å². The van der Waals surface area contributed by atoms with Gasteiger partial charge in [0.15, 0.2) is 0 Å². The summed E-state index contributed by atoms with van der Waals surface area (Å²) < 4.78 is 69.7. The largest absolute Gasteiger partial charge is 0.417 e. The maximum absolute atomic E-state index is 14.1. The number of hydrogen-bond acceptors (Lipinski definition) is 4. The molecule has 1 atom stereocenters. The second-order valence-electron chi connectivity index (χ2n) is 10.9. The Balaban J connectivity index is 2.16. The van der Waals surface area contributed by atoms with Crippen LogP contribution in [0.15, 0.2) is 71.6 Å². The zero-order valence-corrected chi connectivity index (χ0v) is 27.3. The molecule has 44 heavy (non-hydrogen) atoms. The molecule has 0 bridgehead atoms. The minimum Gasteiger partial charge on any atom is -0.350 e. The van der Waals surface area contributed by atoms with Gasteiger partial charge in [0.1, 0.15) is 12.6 Å². The summed E-state index contributed by atoms with van der Waals surface area (Å²) in [6.07, 6.45) is -4.77. The Morgan fingerprint density at radius 2 is 1.50 bits per heavy atom. The highest BCUT2D eigenvalue weighted by Crippen LogP contribution is 2.38. The van der Waals surface area contributed by atoms with Crippen LogP contribution in [0.4, 0.5) is 18.9 Å². The summed E-state index contributed by atoms with van der Waals surface area (Å²) >= 11 is 18.1. The Hall–Kier alpha value is -2.99. The minimum atomic E-state index is -4.91. The van der Waals surface area contributed by atoms with Gasteiger partial charge in [0, 0.05) is 12.1 Å². The topological polar surface area (TPSA) is 86.8 Å². The average molecular weight is 693 g/mol. The number of rotatable bonds is 10. The van der Waals surface area contributed by atoms with Crippen LogP contribution in [-0.4, -0.2) is 43.3 Å². The lowest BCUT2D eigenvalue weighted by atomic mass is 10.1. The maximum Gasteiger partial charge on any atom is 0.417 e. The van der Waals surface area contributed by atoms with E-state index >= 15 is 0 Å². The molecule has 0 fully saturated rings. The smallest absolute Gasteiger partial charge is 0.350 e. The van der Waals surface area contributed by atoms with Gasteiger partial charge in [-0.15, -0.1) is 0 Å². The fraction of sp³-hybridized carbons (Fsp3) is 0.333. The van der Waals surface area contributed by atoms with Crippen molar-refractivity contribution in [3.05, 3.63) is 92.9 Å². The van der Waals surface area contributed by atoms with Crippen LogP contribution in [0.25, 0.3) is 0 Å². The summed E-state index contributed by atoms with van der Waals surface area (Å²) in [6, 6.07) is 13.1. The van der Waals surface area contributed by atoms with Gasteiger partial charge in [-0.3, -0.25) is 13.9 Å². The number of nitrogens with zero attached hydrogens (tertiary/aromatic N) is 2. The quantitative estimate of drug-likeness (QED) is 0.237. The average Bonchev–Trinajstić information content (AvgIpc) is 2.92. The standard InChI is InChI=1S/C30H31Cl3F3N3O4S/c1-5-26(28(41)37-29(2,3)4)38(17-19-11-13-24(32)25(33)15-19)27(40)18-39(44(42,43)21-9-7-6-8-10-21)20-12-14-23(31)22(16-20)30(34,35)36/h6-16,26H,5,17-18H2,1-4H3,(H,37,41). The second kappa shape index (κ2) is 14.0. The van der Waals surface area contributed by atoms with Crippen LogP contribution in [0.3, 0.4) is 0 Å². The molecule has 3 aromatic carbocycles. The molecule has 0 radical (unpaired) electrons. The van der Waals surface area contributed by atoms with Crippen molar-refractivity contribution in [2.45, 2.75) is 63.3 Å². The Kier molecular flexibility index (Phi) is 11.3. The van der Waals surface area contributed by atoms with Gasteiger partial charge in [-0.2, -0.15) is 13.2 Å². The molecule has 0 aliphatic rings. The van der Waals surface area contributed by atoms with E-state index < -0.39 is 62.4 Å². The van der Waals surface area contributed by atoms with Gasteiger partial charge < -0.3 is 10.2 Å². The molecular formula is C30H31Cl3F3N3O4S. The van der Waals surface area contributed by atoms with Gasteiger partial charge in [0.05, 0.1) is 31.2 Å². The fourth-order valence-corrected chi connectivity index (χ4v) is 6.31. The van der Waals surface area contributed by atoms with E-state index in [-0.39, 0.29) is 27.9 Å². The summed E-state index contributed by atoms with van der Waals surface area (Å²) in [6.45, 7) is 5.84. The molecule has 14 heteroatoms. The number of anilines is 1. The molecule has 7 nitrogen and oxygen atoms in total. The monoisotopic (exact) mass is 691 g/mol. The Morgan fingerprint density at radius 1 is 0.886 bits per heavy atom. The molecule has 1 N–H and O–H groups in total. The van der Waals surface area contributed by atoms with Crippen molar-refractivity contribution >= 4 is 62.3 Å². The predicted molar refractivity (Wildman–Crippen MR) is 166 cm³/mol. The lowest BCUT2D eigenvalue weighted by molar-refractivity contribution is -0.141. The number of carbonyl (C=O) groups is 2. The first-order valence-electron chi connectivity index (χ1n) is 13.3. The molecular weight excluding hydrogens is 662 g/mol. The lowest BCUT2D eigenvalue weighted by Gasteiger charge is -2.35. The number of hydrogen-bond donors (Lipinski definition) is 1. The number of carbonyl (C=O) groups excluding carboxylic acids is 2. The molecule has 0 aliphatic carbocycles. The van der Waals surface area contributed by atoms with Crippen LogP contribution < -0.4 is 9.62 Å². The van der Waals surface area contributed by atoms with Crippen molar-refractivity contribution in [2.24, 2.45) is 0 Å².